The van der Waals surface area contributed by atoms with Gasteiger partial charge < -0.3 is 0 Å². The van der Waals surface area contributed by atoms with Gasteiger partial charge in [0.05, 0.1) is 24.4 Å². The molecular weight excluding hydrogens is 233 g/mol. The molecule has 0 saturated heterocycles. The van der Waals surface area contributed by atoms with Crippen LogP contribution in [0.1, 0.15) is 16.7 Å². The van der Waals surface area contributed by atoms with Crippen LogP contribution in [0, 0.1) is 24.1 Å². The van der Waals surface area contributed by atoms with E-state index < -0.39 is 5.82 Å². The summed E-state index contributed by atoms with van der Waals surface area (Å²) < 4.78 is 14.4. The van der Waals surface area contributed by atoms with E-state index >= 15 is 0 Å². The molecule has 0 amide bonds. The Bertz CT molecular complexity index is 685. The zero-order valence-corrected chi connectivity index (χ0v) is 9.72. The monoisotopic (exact) mass is 243 g/mol. The van der Waals surface area contributed by atoms with Crippen molar-refractivity contribution in [3.8, 4) is 6.07 Å². The van der Waals surface area contributed by atoms with Gasteiger partial charge in [0.2, 0.25) is 0 Å². The van der Waals surface area contributed by atoms with E-state index in [0.29, 0.717) is 5.56 Å². The maximum absolute atomic E-state index is 13.2. The van der Waals surface area contributed by atoms with Gasteiger partial charge in [0.1, 0.15) is 5.82 Å². The summed E-state index contributed by atoms with van der Waals surface area (Å²) >= 11 is 0. The Hall–Kier alpha value is -2.48. The van der Waals surface area contributed by atoms with Crippen LogP contribution in [0.15, 0.2) is 35.3 Å². The molecule has 0 aliphatic rings. The molecule has 1 heterocycles. The highest BCUT2D eigenvalue weighted by atomic mass is 19.1. The van der Waals surface area contributed by atoms with Gasteiger partial charge in [-0.05, 0) is 36.2 Å². The van der Waals surface area contributed by atoms with Crippen LogP contribution in [-0.2, 0) is 6.54 Å². The SMILES string of the molecule is Cc1cnn(Cc2cc(F)cc(C#N)c2)c(=O)c1. The molecular formula is C13H10FN3O. The summed E-state index contributed by atoms with van der Waals surface area (Å²) in [5.41, 5.74) is 1.28. The van der Waals surface area contributed by atoms with Gasteiger partial charge in [-0.25, -0.2) is 9.07 Å². The van der Waals surface area contributed by atoms with E-state index in [9.17, 15) is 9.18 Å². The number of halogens is 1. The van der Waals surface area contributed by atoms with Crippen LogP contribution in [0.25, 0.3) is 0 Å². The van der Waals surface area contributed by atoms with Crippen LogP contribution in [0.2, 0.25) is 0 Å². The van der Waals surface area contributed by atoms with E-state index in [1.54, 1.807) is 13.1 Å². The minimum atomic E-state index is -0.496. The molecule has 2 rings (SSSR count). The van der Waals surface area contributed by atoms with Gasteiger partial charge in [-0.2, -0.15) is 10.4 Å². The molecule has 0 N–H and O–H groups in total. The molecule has 0 radical (unpaired) electrons. The van der Waals surface area contributed by atoms with E-state index in [4.69, 9.17) is 5.26 Å². The smallest absolute Gasteiger partial charge is 0.267 e. The molecule has 0 atom stereocenters. The van der Waals surface area contributed by atoms with Gasteiger partial charge in [-0.15, -0.1) is 0 Å². The predicted octanol–water partition coefficient (Wildman–Crippen LogP) is 1.61. The average Bonchev–Trinajstić information content (AvgIpc) is 2.32. The summed E-state index contributed by atoms with van der Waals surface area (Å²) in [5.74, 6) is -0.496. The molecule has 1 aromatic carbocycles. The molecule has 5 heteroatoms. The van der Waals surface area contributed by atoms with Crippen LogP contribution in [0.5, 0.6) is 0 Å². The minimum absolute atomic E-state index is 0.144. The largest absolute Gasteiger partial charge is 0.268 e. The first kappa shape index (κ1) is 12.0. The van der Waals surface area contributed by atoms with E-state index in [1.165, 1.54) is 22.9 Å². The van der Waals surface area contributed by atoms with Crippen LogP contribution < -0.4 is 5.56 Å². The molecule has 0 saturated carbocycles. The summed E-state index contributed by atoms with van der Waals surface area (Å²) in [6, 6.07) is 7.30. The number of hydrogen-bond acceptors (Lipinski definition) is 3. The quantitative estimate of drug-likeness (QED) is 0.805. The first-order valence-electron chi connectivity index (χ1n) is 5.32. The van der Waals surface area contributed by atoms with Crippen molar-refractivity contribution >= 4 is 0 Å². The van der Waals surface area contributed by atoms with Gasteiger partial charge in [-0.3, -0.25) is 4.79 Å². The molecule has 0 unspecified atom stereocenters. The normalized spacial score (nSPS) is 10.1. The Balaban J connectivity index is 2.37. The molecule has 4 nitrogen and oxygen atoms in total. The van der Waals surface area contributed by atoms with Crippen molar-refractivity contribution in [2.75, 3.05) is 0 Å². The predicted molar refractivity (Wildman–Crippen MR) is 63.5 cm³/mol. The number of nitriles is 1. The molecule has 1 aromatic heterocycles. The molecule has 0 aliphatic heterocycles. The average molecular weight is 243 g/mol. The Morgan fingerprint density at radius 2 is 2.17 bits per heavy atom. The zero-order valence-electron chi connectivity index (χ0n) is 9.72. The number of aromatic nitrogens is 2. The second-order valence-electron chi connectivity index (χ2n) is 3.99. The molecule has 0 spiro atoms. The highest BCUT2D eigenvalue weighted by molar-refractivity contribution is 5.33. The van der Waals surface area contributed by atoms with Crippen molar-refractivity contribution in [2.24, 2.45) is 0 Å². The van der Waals surface area contributed by atoms with Crippen molar-refractivity contribution in [1.82, 2.24) is 9.78 Å². The Morgan fingerprint density at radius 1 is 1.39 bits per heavy atom. The van der Waals surface area contributed by atoms with Crippen molar-refractivity contribution in [3.05, 3.63) is 63.3 Å². The summed E-state index contributed by atoms with van der Waals surface area (Å²) in [4.78, 5) is 11.6. The molecule has 2 aromatic rings. The first-order chi connectivity index (χ1) is 8.58. The van der Waals surface area contributed by atoms with E-state index in [1.807, 2.05) is 6.07 Å². The fourth-order valence-corrected chi connectivity index (χ4v) is 1.62. The third kappa shape index (κ3) is 2.61. The summed E-state index contributed by atoms with van der Waals surface area (Å²) in [7, 11) is 0. The molecule has 0 fully saturated rings. The van der Waals surface area contributed by atoms with Crippen LogP contribution >= 0.6 is 0 Å². The van der Waals surface area contributed by atoms with Gasteiger partial charge in [0, 0.05) is 6.07 Å². The lowest BCUT2D eigenvalue weighted by molar-refractivity contribution is 0.609. The lowest BCUT2D eigenvalue weighted by Crippen LogP contribution is -2.22. The number of aryl methyl sites for hydroxylation is 1. The highest BCUT2D eigenvalue weighted by Gasteiger charge is 2.03. The number of rotatable bonds is 2. The van der Waals surface area contributed by atoms with Gasteiger partial charge >= 0.3 is 0 Å². The third-order valence-corrected chi connectivity index (χ3v) is 2.43. The first-order valence-corrected chi connectivity index (χ1v) is 5.32. The molecule has 18 heavy (non-hydrogen) atoms. The fourth-order valence-electron chi connectivity index (χ4n) is 1.62. The molecule has 0 aliphatic carbocycles. The van der Waals surface area contributed by atoms with Gasteiger partial charge in [0.15, 0.2) is 0 Å². The van der Waals surface area contributed by atoms with Crippen LogP contribution in [0.4, 0.5) is 4.39 Å². The second kappa shape index (κ2) is 4.80. The molecule has 0 bridgehead atoms. The Labute approximate surface area is 103 Å². The fraction of sp³-hybridized carbons (Fsp3) is 0.154. The minimum Gasteiger partial charge on any atom is -0.268 e. The Kier molecular flexibility index (Phi) is 3.20. The standard InChI is InChI=1S/C13H10FN3O/c1-9-2-13(18)17(16-7-9)8-11-3-10(6-15)4-12(14)5-11/h2-5,7H,8H2,1H3. The maximum atomic E-state index is 13.2. The van der Waals surface area contributed by atoms with Crippen molar-refractivity contribution in [2.45, 2.75) is 13.5 Å². The van der Waals surface area contributed by atoms with E-state index in [2.05, 4.69) is 5.10 Å². The van der Waals surface area contributed by atoms with Gasteiger partial charge in [0.25, 0.3) is 5.56 Å². The van der Waals surface area contributed by atoms with Crippen LogP contribution in [0.3, 0.4) is 0 Å². The van der Waals surface area contributed by atoms with Gasteiger partial charge in [-0.1, -0.05) is 0 Å². The summed E-state index contributed by atoms with van der Waals surface area (Å²) in [6.45, 7) is 1.92. The van der Waals surface area contributed by atoms with Crippen molar-refractivity contribution < 1.29 is 4.39 Å². The summed E-state index contributed by atoms with van der Waals surface area (Å²) in [6.07, 6.45) is 1.56. The number of hydrogen-bond donors (Lipinski definition) is 0. The van der Waals surface area contributed by atoms with Crippen LogP contribution in [-0.4, -0.2) is 9.78 Å². The Morgan fingerprint density at radius 3 is 2.83 bits per heavy atom. The zero-order chi connectivity index (χ0) is 13.1. The van der Waals surface area contributed by atoms with Crippen molar-refractivity contribution in [1.29, 1.82) is 5.26 Å². The lowest BCUT2D eigenvalue weighted by atomic mass is 10.1. The second-order valence-corrected chi connectivity index (χ2v) is 3.99. The summed E-state index contributed by atoms with van der Waals surface area (Å²) in [5, 5.41) is 12.7. The topological polar surface area (TPSA) is 58.7 Å². The maximum Gasteiger partial charge on any atom is 0.267 e. The van der Waals surface area contributed by atoms with E-state index in [-0.39, 0.29) is 17.7 Å². The number of nitrogens with zero attached hydrogens (tertiary/aromatic N) is 3. The highest BCUT2D eigenvalue weighted by Crippen LogP contribution is 2.09. The molecule has 90 valence electrons. The third-order valence-electron chi connectivity index (χ3n) is 2.43. The van der Waals surface area contributed by atoms with Crippen molar-refractivity contribution in [3.63, 3.8) is 0 Å². The number of benzene rings is 1. The lowest BCUT2D eigenvalue weighted by Gasteiger charge is -2.05. The van der Waals surface area contributed by atoms with E-state index in [0.717, 1.165) is 11.6 Å².